The van der Waals surface area contributed by atoms with E-state index in [1.807, 2.05) is 7.05 Å². The SMILES string of the molecule is CN1C(=O)[C@@](CCC2CCCCC2)(C[C@H]2CCC[C@@H]([NH2+]C3CCCC3)C2)[NH+]=C1N. The van der Waals surface area contributed by atoms with Crippen LogP contribution >= 0.6 is 0 Å². The van der Waals surface area contributed by atoms with Crippen LogP contribution in [0.5, 0.6) is 0 Å². The summed E-state index contributed by atoms with van der Waals surface area (Å²) in [5, 5.41) is 2.70. The Morgan fingerprint density at radius 3 is 2.31 bits per heavy atom. The zero-order valence-electron chi connectivity index (χ0n) is 18.6. The first-order valence-corrected chi connectivity index (χ1v) is 12.6. The van der Waals surface area contributed by atoms with Gasteiger partial charge in [0.25, 0.3) is 0 Å². The Morgan fingerprint density at radius 1 is 0.966 bits per heavy atom. The Balaban J connectivity index is 1.40. The summed E-state index contributed by atoms with van der Waals surface area (Å²) >= 11 is 0. The molecule has 0 aromatic heterocycles. The number of amides is 1. The molecule has 3 atom stereocenters. The van der Waals surface area contributed by atoms with Gasteiger partial charge in [0.05, 0.1) is 19.1 Å². The van der Waals surface area contributed by atoms with Gasteiger partial charge in [-0.1, -0.05) is 32.1 Å². The summed E-state index contributed by atoms with van der Waals surface area (Å²) < 4.78 is 0. The van der Waals surface area contributed by atoms with Crippen molar-refractivity contribution in [2.45, 2.75) is 120 Å². The predicted octanol–water partition coefficient (Wildman–Crippen LogP) is 1.41. The van der Waals surface area contributed by atoms with Crippen molar-refractivity contribution < 1.29 is 15.1 Å². The number of nitrogens with two attached hydrogens (primary N) is 2. The number of carbonyl (C=O) groups is 1. The van der Waals surface area contributed by atoms with Gasteiger partial charge in [0.1, 0.15) is 0 Å². The number of guanidine groups is 1. The van der Waals surface area contributed by atoms with E-state index in [-0.39, 0.29) is 5.91 Å². The third-order valence-electron chi connectivity index (χ3n) is 8.55. The fourth-order valence-corrected chi connectivity index (χ4v) is 6.87. The van der Waals surface area contributed by atoms with Gasteiger partial charge in [-0.2, -0.15) is 0 Å². The Labute approximate surface area is 177 Å². The van der Waals surface area contributed by atoms with Gasteiger partial charge in [-0.3, -0.25) is 15.5 Å². The maximum atomic E-state index is 13.3. The first kappa shape index (κ1) is 21.1. The molecule has 0 aromatic rings. The van der Waals surface area contributed by atoms with Crippen LogP contribution < -0.4 is 16.0 Å². The zero-order valence-corrected chi connectivity index (χ0v) is 18.6. The molecular formula is C24H44N4O+2. The van der Waals surface area contributed by atoms with Crippen LogP contribution in [-0.4, -0.2) is 41.4 Å². The van der Waals surface area contributed by atoms with E-state index in [2.05, 4.69) is 10.3 Å². The number of nitrogens with one attached hydrogen (secondary N) is 1. The summed E-state index contributed by atoms with van der Waals surface area (Å²) in [7, 11) is 1.84. The average molecular weight is 405 g/mol. The molecule has 3 fully saturated rings. The van der Waals surface area contributed by atoms with Gasteiger partial charge >= 0.3 is 11.9 Å². The molecule has 3 saturated carbocycles. The largest absolute Gasteiger partial charge is 0.351 e. The van der Waals surface area contributed by atoms with Crippen LogP contribution in [0, 0.1) is 11.8 Å². The summed E-state index contributed by atoms with van der Waals surface area (Å²) in [6.07, 6.45) is 20.8. The average Bonchev–Trinajstić information content (AvgIpc) is 3.31. The summed E-state index contributed by atoms with van der Waals surface area (Å²) in [4.78, 5) is 18.5. The standard InChI is InChI=1S/C24H42N4O/c1-28-22(29)24(27-23(28)25,15-14-18-8-3-2-4-9-18)17-19-10-7-13-21(16-19)26-20-11-5-6-12-20/h18-21,26H,2-17H2,1H3,(H2,25,27)/p+2/t19-,21+,24+/m0/s1. The quantitative estimate of drug-likeness (QED) is 0.600. The van der Waals surface area contributed by atoms with E-state index in [4.69, 9.17) is 5.73 Å². The maximum absolute atomic E-state index is 13.3. The first-order valence-electron chi connectivity index (χ1n) is 12.6. The van der Waals surface area contributed by atoms with Gasteiger partial charge < -0.3 is 5.32 Å². The smallest absolute Gasteiger partial charge is 0.341 e. The van der Waals surface area contributed by atoms with Crippen molar-refractivity contribution in [2.24, 2.45) is 17.6 Å². The molecule has 1 heterocycles. The topological polar surface area (TPSA) is 76.9 Å². The highest BCUT2D eigenvalue weighted by molar-refractivity contribution is 6.01. The normalized spacial score (nSPS) is 34.7. The second-order valence-corrected chi connectivity index (χ2v) is 10.7. The highest BCUT2D eigenvalue weighted by Crippen LogP contribution is 2.35. The highest BCUT2D eigenvalue weighted by Gasteiger charge is 2.52. The summed E-state index contributed by atoms with van der Waals surface area (Å²) in [6.45, 7) is 0. The molecule has 0 bridgehead atoms. The molecule has 5 nitrogen and oxygen atoms in total. The van der Waals surface area contributed by atoms with Crippen molar-refractivity contribution in [3.05, 3.63) is 0 Å². The van der Waals surface area contributed by atoms with Crippen LogP contribution in [0.1, 0.15) is 103 Å². The van der Waals surface area contributed by atoms with Crippen molar-refractivity contribution in [3.8, 4) is 0 Å². The molecule has 0 aromatic carbocycles. The second kappa shape index (κ2) is 9.36. The molecule has 1 aliphatic heterocycles. The lowest BCUT2D eigenvalue weighted by Crippen LogP contribution is -2.95. The van der Waals surface area contributed by atoms with E-state index in [1.165, 1.54) is 89.9 Å². The molecule has 0 saturated heterocycles. The molecular weight excluding hydrogens is 360 g/mol. The van der Waals surface area contributed by atoms with Crippen molar-refractivity contribution in [2.75, 3.05) is 7.05 Å². The number of quaternary nitrogens is 1. The third-order valence-corrected chi connectivity index (χ3v) is 8.55. The van der Waals surface area contributed by atoms with Gasteiger partial charge in [-0.15, -0.1) is 0 Å². The molecule has 5 N–H and O–H groups in total. The fourth-order valence-electron chi connectivity index (χ4n) is 6.87. The molecule has 4 aliphatic rings. The molecule has 4 rings (SSSR count). The lowest BCUT2D eigenvalue weighted by molar-refractivity contribution is -0.723. The highest BCUT2D eigenvalue weighted by atomic mass is 16.2. The van der Waals surface area contributed by atoms with E-state index in [0.29, 0.717) is 11.9 Å². The number of likely N-dealkylation sites (N-methyl/N-ethyl adjacent to an activating group) is 1. The van der Waals surface area contributed by atoms with Crippen LogP contribution in [-0.2, 0) is 4.79 Å². The minimum absolute atomic E-state index is 0.215. The molecule has 1 amide bonds. The molecule has 164 valence electrons. The number of hydrogen-bond acceptors (Lipinski definition) is 2. The number of carbonyl (C=O) groups excluding carboxylic acids is 1. The molecule has 0 spiro atoms. The Hall–Kier alpha value is -1.10. The van der Waals surface area contributed by atoms with Gasteiger partial charge in [0, 0.05) is 6.42 Å². The third kappa shape index (κ3) is 4.98. The summed E-state index contributed by atoms with van der Waals surface area (Å²) in [6, 6.07) is 1.63. The van der Waals surface area contributed by atoms with Gasteiger partial charge in [0.2, 0.25) is 0 Å². The number of hydrogen-bond donors (Lipinski definition) is 3. The lowest BCUT2D eigenvalue weighted by atomic mass is 9.74. The van der Waals surface area contributed by atoms with Crippen LogP contribution in [0.2, 0.25) is 0 Å². The molecule has 0 unspecified atom stereocenters. The van der Waals surface area contributed by atoms with E-state index in [9.17, 15) is 4.79 Å². The van der Waals surface area contributed by atoms with E-state index in [1.54, 1.807) is 4.90 Å². The van der Waals surface area contributed by atoms with Gasteiger partial charge in [0.15, 0.2) is 5.54 Å². The Morgan fingerprint density at radius 2 is 1.62 bits per heavy atom. The van der Waals surface area contributed by atoms with Crippen molar-refractivity contribution in [3.63, 3.8) is 0 Å². The molecule has 5 heteroatoms. The minimum atomic E-state index is -0.448. The van der Waals surface area contributed by atoms with Crippen LogP contribution in [0.4, 0.5) is 0 Å². The fraction of sp³-hybridized carbons (Fsp3) is 0.917. The van der Waals surface area contributed by atoms with Crippen molar-refractivity contribution in [1.29, 1.82) is 0 Å². The minimum Gasteiger partial charge on any atom is -0.341 e. The monoisotopic (exact) mass is 404 g/mol. The Bertz CT molecular complexity index is 594. The van der Waals surface area contributed by atoms with E-state index >= 15 is 0 Å². The van der Waals surface area contributed by atoms with E-state index in [0.717, 1.165) is 30.8 Å². The van der Waals surface area contributed by atoms with E-state index < -0.39 is 5.54 Å². The summed E-state index contributed by atoms with van der Waals surface area (Å²) in [5.74, 6) is 2.22. The molecule has 29 heavy (non-hydrogen) atoms. The van der Waals surface area contributed by atoms with Crippen LogP contribution in [0.3, 0.4) is 0 Å². The van der Waals surface area contributed by atoms with Gasteiger partial charge in [-0.25, -0.2) is 4.90 Å². The Kier molecular flexibility index (Phi) is 6.83. The molecule has 0 radical (unpaired) electrons. The number of nitrogens with zero attached hydrogens (tertiary/aromatic N) is 1. The van der Waals surface area contributed by atoms with Crippen LogP contribution in [0.25, 0.3) is 0 Å². The zero-order chi connectivity index (χ0) is 20.3. The summed E-state index contributed by atoms with van der Waals surface area (Å²) in [5.41, 5.74) is 5.75. The predicted molar refractivity (Wildman–Crippen MR) is 116 cm³/mol. The van der Waals surface area contributed by atoms with Crippen molar-refractivity contribution >= 4 is 11.9 Å². The van der Waals surface area contributed by atoms with Gasteiger partial charge in [-0.05, 0) is 76.0 Å². The molecule has 3 aliphatic carbocycles. The maximum Gasteiger partial charge on any atom is 0.351 e. The first-order chi connectivity index (χ1) is 14.1. The lowest BCUT2D eigenvalue weighted by Gasteiger charge is -2.34. The second-order valence-electron chi connectivity index (χ2n) is 10.7. The van der Waals surface area contributed by atoms with Crippen molar-refractivity contribution in [1.82, 2.24) is 4.90 Å². The number of rotatable bonds is 7. The van der Waals surface area contributed by atoms with Crippen LogP contribution in [0.15, 0.2) is 0 Å².